The van der Waals surface area contributed by atoms with Gasteiger partial charge in [-0.2, -0.15) is 0 Å². The average molecular weight is 1100 g/mol. The number of benzene rings is 8. The molecule has 344 valence electrons. The number of imidazole rings is 1. The molecule has 0 fully saturated rings. The van der Waals surface area contributed by atoms with E-state index in [0.29, 0.717) is 69.1 Å². The van der Waals surface area contributed by atoms with Gasteiger partial charge in [0.15, 0.2) is 0 Å². The van der Waals surface area contributed by atoms with E-state index in [2.05, 4.69) is 121 Å². The Bertz CT molecular complexity index is 4470. The molecule has 13 rings (SSSR count). The fourth-order valence-electron chi connectivity index (χ4n) is 11.2. The Labute approximate surface area is 432 Å². The molecule has 0 bridgehead atoms. The second-order valence-electron chi connectivity index (χ2n) is 19.5. The molecule has 3 aromatic heterocycles. The molecule has 2 aliphatic carbocycles. The standard InChI is InChI=1S/C64H50N4O.Pt/c1-42-37-60(65-40-54(42)44-25-28-47(29-26-44)63(2,3)4)68-56-22-11-9-20-52(56)53-32-30-50(39-59(53)68)69-49-19-14-18-48(38-49)66-41-67(58-24-13-12-23-57(58)66)62-51(43-15-6-5-7-16-43)31-27-46-34-36-64(61(46)62)35-33-45-17-8-10-21-55(45)64;/h5-32,37,40H,33-36H2,1-4H3;/q-2;/i5D,6D,7D,8D,10D,15D,16D,17D,21D;. The third-order valence-corrected chi connectivity index (χ3v) is 15.5. The van der Waals surface area contributed by atoms with E-state index in [1.807, 2.05) is 79.0 Å². The Morgan fingerprint density at radius 2 is 1.36 bits per heavy atom. The van der Waals surface area contributed by atoms with Crippen LogP contribution in [0.3, 0.4) is 0 Å². The molecule has 70 heavy (non-hydrogen) atoms. The molecule has 0 N–H and O–H groups in total. The molecule has 0 radical (unpaired) electrons. The number of nitrogens with zero attached hydrogens (tertiary/aromatic N) is 4. The van der Waals surface area contributed by atoms with Gasteiger partial charge < -0.3 is 0 Å². The monoisotopic (exact) mass is 1090 g/mol. The summed E-state index contributed by atoms with van der Waals surface area (Å²) < 4.78 is 94.3. The number of hydrogen-bond donors (Lipinski definition) is 0. The van der Waals surface area contributed by atoms with E-state index in [1.54, 1.807) is 0 Å². The summed E-state index contributed by atoms with van der Waals surface area (Å²) in [7, 11) is 0. The van der Waals surface area contributed by atoms with E-state index >= 15 is 0 Å². The normalized spacial score (nSPS) is 17.1. The van der Waals surface area contributed by atoms with Crippen LogP contribution in [0.15, 0.2) is 182 Å². The zero-order chi connectivity index (χ0) is 55.1. The van der Waals surface area contributed by atoms with Crippen molar-refractivity contribution in [3.8, 4) is 50.9 Å². The van der Waals surface area contributed by atoms with Crippen molar-refractivity contribution < 1.29 is 36.4 Å². The second-order valence-corrected chi connectivity index (χ2v) is 20.5. The zero-order valence-electron chi connectivity index (χ0n) is 48.0. The van der Waals surface area contributed by atoms with Crippen LogP contribution in [0, 0.1) is 22.9 Å². The Morgan fingerprint density at radius 3 is 2.14 bits per heavy atom. The first-order chi connectivity index (χ1) is 37.9. The molecule has 0 saturated carbocycles. The fraction of sp³-hybridized carbons (Fsp3) is 0.156. The molecule has 5 nitrogen and oxygen atoms in total. The van der Waals surface area contributed by atoms with Crippen molar-refractivity contribution in [1.82, 2.24) is 18.7 Å². The van der Waals surface area contributed by atoms with Gasteiger partial charge in [0.05, 0.1) is 0 Å². The summed E-state index contributed by atoms with van der Waals surface area (Å²) in [5.74, 6) is 1.67. The van der Waals surface area contributed by atoms with Crippen molar-refractivity contribution in [1.29, 1.82) is 0 Å². The Balaban J connectivity index is 0.956. The molecule has 1 spiro atoms. The van der Waals surface area contributed by atoms with Crippen LogP contribution in [0.2, 0.25) is 0 Å². The Morgan fingerprint density at radius 1 is 0.643 bits per heavy atom. The fourth-order valence-corrected chi connectivity index (χ4v) is 12.2. The number of ether oxygens (including phenoxy) is 1. The van der Waals surface area contributed by atoms with Crippen LogP contribution in [0.25, 0.3) is 72.3 Å². The number of pyridine rings is 1. The summed E-state index contributed by atoms with van der Waals surface area (Å²) in [6.07, 6.45) is 4.06. The molecule has 2 aliphatic rings. The Hall–Kier alpha value is -7.33. The van der Waals surface area contributed by atoms with E-state index in [4.69, 9.17) is 17.9 Å². The van der Waals surface area contributed by atoms with Crippen molar-refractivity contribution in [3.63, 3.8) is 0 Å². The summed E-state index contributed by atoms with van der Waals surface area (Å²) in [5.41, 5.74) is 11.7. The van der Waals surface area contributed by atoms with Gasteiger partial charge in [-0.15, -0.1) is 0 Å². The molecule has 0 saturated heterocycles. The molecule has 8 aromatic carbocycles. The molecule has 3 heterocycles. The number of rotatable bonds is 7. The summed E-state index contributed by atoms with van der Waals surface area (Å²) >= 11 is 2.29. The third kappa shape index (κ3) is 6.77. The van der Waals surface area contributed by atoms with Crippen LogP contribution in [0.5, 0.6) is 11.5 Å². The van der Waals surface area contributed by atoms with Crippen molar-refractivity contribution >= 4 is 32.8 Å². The van der Waals surface area contributed by atoms with Crippen LogP contribution in [0.1, 0.15) is 79.3 Å². The second kappa shape index (κ2) is 16.4. The number of hydrogen-bond acceptors (Lipinski definition) is 2. The van der Waals surface area contributed by atoms with Gasteiger partial charge in [-0.05, 0) is 29.0 Å². The minimum absolute atomic E-state index is 0.0403. The molecule has 1 atom stereocenters. The number of aromatic nitrogens is 4. The molecule has 6 heteroatoms. The van der Waals surface area contributed by atoms with Crippen molar-refractivity contribution in [3.05, 3.63) is 231 Å². The first-order valence-corrected chi connectivity index (χ1v) is 24.8. The van der Waals surface area contributed by atoms with Gasteiger partial charge in [0, 0.05) is 11.8 Å². The van der Waals surface area contributed by atoms with E-state index in [-0.39, 0.29) is 47.2 Å². The zero-order valence-corrected chi connectivity index (χ0v) is 41.2. The molecule has 0 aliphatic heterocycles. The van der Waals surface area contributed by atoms with Crippen LogP contribution in [-0.2, 0) is 43.0 Å². The van der Waals surface area contributed by atoms with E-state index in [0.717, 1.165) is 66.5 Å². The maximum absolute atomic E-state index is 9.40. The van der Waals surface area contributed by atoms with Crippen molar-refractivity contribution in [2.24, 2.45) is 0 Å². The number of para-hydroxylation sites is 3. The van der Waals surface area contributed by atoms with Gasteiger partial charge in [0.1, 0.15) is 0 Å². The quantitative estimate of drug-likeness (QED) is 0.149. The Kier molecular flexibility index (Phi) is 7.97. The number of aryl methyl sites for hydroxylation is 2. The van der Waals surface area contributed by atoms with Gasteiger partial charge >= 0.3 is 336 Å². The minimum atomic E-state index is -0.875. The first-order valence-electron chi connectivity index (χ1n) is 28.1. The summed E-state index contributed by atoms with van der Waals surface area (Å²) in [6, 6.07) is 44.9. The van der Waals surface area contributed by atoms with Gasteiger partial charge in [0.25, 0.3) is 0 Å². The van der Waals surface area contributed by atoms with E-state index in [1.165, 1.54) is 5.56 Å². The van der Waals surface area contributed by atoms with Crippen LogP contribution in [0.4, 0.5) is 0 Å². The molecule has 1 unspecified atom stereocenters. The van der Waals surface area contributed by atoms with Gasteiger partial charge in [0.2, 0.25) is 0 Å². The van der Waals surface area contributed by atoms with Gasteiger partial charge in [-0.3, -0.25) is 0 Å². The van der Waals surface area contributed by atoms with Crippen molar-refractivity contribution in [2.75, 3.05) is 0 Å². The molecular weight excluding hydrogens is 1040 g/mol. The molecule has 11 aromatic rings. The third-order valence-electron chi connectivity index (χ3n) is 14.5. The molecule has 0 amide bonds. The van der Waals surface area contributed by atoms with Crippen LogP contribution < -0.4 is 4.74 Å². The van der Waals surface area contributed by atoms with E-state index in [9.17, 15) is 4.11 Å². The van der Waals surface area contributed by atoms with Gasteiger partial charge in [-0.1, -0.05) is 57.2 Å². The van der Waals surface area contributed by atoms with Crippen molar-refractivity contribution in [2.45, 2.75) is 64.2 Å². The molecular formula is C64H50N4OPt-2. The SMILES string of the molecule is [2H]c1c([2H])c([2H])c(-c2ccc3c(c2-n2[c](=[Pt])n(-c4[c-]c(Oc5[c-]c6c(cc5)c5ccccc5n6-c5cc(C)c(-c6ccc(C(C)(C)C)cc6)cn5)ccc4)c4ccccc42)C2(CC3)CCc3c([2H])c([2H])c([2H])c([2H])c32)c([2H])c1[2H]. The topological polar surface area (TPSA) is 36.9 Å². The predicted molar refractivity (Wildman–Crippen MR) is 280 cm³/mol. The maximum atomic E-state index is 9.40. The predicted octanol–water partition coefficient (Wildman–Crippen LogP) is 15.5. The summed E-state index contributed by atoms with van der Waals surface area (Å²) in [5, 5.41) is 2.06. The van der Waals surface area contributed by atoms with E-state index < -0.39 is 23.5 Å². The van der Waals surface area contributed by atoms with Crippen LogP contribution >= 0.6 is 0 Å². The summed E-state index contributed by atoms with van der Waals surface area (Å²) in [4.78, 5) is 5.07. The number of fused-ring (bicyclic) bond motifs is 8. The summed E-state index contributed by atoms with van der Waals surface area (Å²) in [6.45, 7) is 8.77. The average Bonchev–Trinajstić information content (AvgIpc) is 2.93. The van der Waals surface area contributed by atoms with Gasteiger partial charge in [-0.25, -0.2) is 0 Å². The van der Waals surface area contributed by atoms with Crippen LogP contribution in [-0.4, -0.2) is 18.7 Å². The first kappa shape index (κ1) is 34.0.